The van der Waals surface area contributed by atoms with E-state index in [2.05, 4.69) is 25.3 Å². The highest BCUT2D eigenvalue weighted by Crippen LogP contribution is 2.25. The maximum atomic E-state index is 4.51. The molecule has 0 atom stereocenters. The van der Waals surface area contributed by atoms with Crippen molar-refractivity contribution in [3.8, 4) is 0 Å². The Hall–Kier alpha value is -2.08. The van der Waals surface area contributed by atoms with Gasteiger partial charge in [0.2, 0.25) is 5.95 Å². The number of aromatic nitrogens is 4. The lowest BCUT2D eigenvalue weighted by Gasteiger charge is -2.02. The zero-order valence-corrected chi connectivity index (χ0v) is 11.2. The second kappa shape index (κ2) is 5.27. The normalized spacial score (nSPS) is 10.8. The van der Waals surface area contributed by atoms with Crippen LogP contribution in [0.15, 0.2) is 46.7 Å². The van der Waals surface area contributed by atoms with E-state index in [1.165, 1.54) is 11.8 Å². The van der Waals surface area contributed by atoms with Gasteiger partial charge in [-0.2, -0.15) is 0 Å². The maximum Gasteiger partial charge on any atom is 0.223 e. The van der Waals surface area contributed by atoms with Crippen LogP contribution in [-0.4, -0.2) is 26.5 Å². The van der Waals surface area contributed by atoms with Gasteiger partial charge in [-0.3, -0.25) is 0 Å². The van der Waals surface area contributed by atoms with Crippen molar-refractivity contribution in [1.82, 2.24) is 19.9 Å². The summed E-state index contributed by atoms with van der Waals surface area (Å²) >= 11 is 1.50. The first-order valence-corrected chi connectivity index (χ1v) is 6.86. The number of hydrogen-bond donors (Lipinski definition) is 2. The highest BCUT2D eigenvalue weighted by atomic mass is 32.2. The van der Waals surface area contributed by atoms with Gasteiger partial charge in [0.1, 0.15) is 5.03 Å². The zero-order chi connectivity index (χ0) is 13.1. The van der Waals surface area contributed by atoms with E-state index >= 15 is 0 Å². The summed E-state index contributed by atoms with van der Waals surface area (Å²) in [6.07, 6.45) is 1.75. The summed E-state index contributed by atoms with van der Waals surface area (Å²) in [4.78, 5) is 16.3. The minimum absolute atomic E-state index is 0.642. The van der Waals surface area contributed by atoms with Gasteiger partial charge in [-0.25, -0.2) is 15.0 Å². The number of aromatic amines is 1. The van der Waals surface area contributed by atoms with Crippen LogP contribution in [0, 0.1) is 0 Å². The van der Waals surface area contributed by atoms with Crippen molar-refractivity contribution >= 4 is 28.7 Å². The van der Waals surface area contributed by atoms with E-state index in [0.29, 0.717) is 5.95 Å². The topological polar surface area (TPSA) is 66.5 Å². The van der Waals surface area contributed by atoms with Gasteiger partial charge in [0, 0.05) is 12.7 Å². The van der Waals surface area contributed by atoms with Crippen LogP contribution in [-0.2, 0) is 0 Å². The number of nitrogens with zero attached hydrogens (tertiary/aromatic N) is 3. The third kappa shape index (κ3) is 2.68. The van der Waals surface area contributed by atoms with Crippen LogP contribution in [0.4, 0.5) is 5.95 Å². The van der Waals surface area contributed by atoms with E-state index in [4.69, 9.17) is 0 Å². The molecule has 0 saturated heterocycles. The van der Waals surface area contributed by atoms with E-state index in [0.717, 1.165) is 27.8 Å². The van der Waals surface area contributed by atoms with Gasteiger partial charge in [-0.15, -0.1) is 0 Å². The average Bonchev–Trinajstić information content (AvgIpc) is 2.81. The van der Waals surface area contributed by atoms with Crippen LogP contribution in [0.3, 0.4) is 0 Å². The number of fused-ring (bicyclic) bond motifs is 1. The van der Waals surface area contributed by atoms with Crippen molar-refractivity contribution in [3.63, 3.8) is 0 Å². The largest absolute Gasteiger partial charge is 0.354 e. The summed E-state index contributed by atoms with van der Waals surface area (Å²) in [6, 6.07) is 9.84. The molecule has 6 heteroatoms. The molecular weight excluding hydrogens is 258 g/mol. The molecule has 3 aromatic rings. The molecule has 0 radical (unpaired) electrons. The van der Waals surface area contributed by atoms with Gasteiger partial charge in [-0.1, -0.05) is 12.1 Å². The quantitative estimate of drug-likeness (QED) is 0.714. The number of H-pyrrole nitrogens is 1. The van der Waals surface area contributed by atoms with E-state index in [9.17, 15) is 0 Å². The average molecular weight is 271 g/mol. The predicted molar refractivity (Wildman–Crippen MR) is 76.4 cm³/mol. The van der Waals surface area contributed by atoms with Gasteiger partial charge in [-0.05, 0) is 36.9 Å². The summed E-state index contributed by atoms with van der Waals surface area (Å²) < 4.78 is 0. The number of nitrogens with one attached hydrogen (secondary N) is 2. The summed E-state index contributed by atoms with van der Waals surface area (Å²) in [5.74, 6) is 0.642. The SMILES string of the molecule is CCNc1nccc(Sc2nc3ccccc3[nH]2)n1. The number of hydrogen-bond acceptors (Lipinski definition) is 5. The smallest absolute Gasteiger partial charge is 0.223 e. The molecule has 96 valence electrons. The number of benzene rings is 1. The number of para-hydroxylation sites is 2. The van der Waals surface area contributed by atoms with E-state index in [1.807, 2.05) is 37.3 Å². The van der Waals surface area contributed by atoms with Crippen LogP contribution in [0.1, 0.15) is 6.92 Å². The lowest BCUT2D eigenvalue weighted by Crippen LogP contribution is -2.01. The molecule has 2 aromatic heterocycles. The third-order valence-corrected chi connectivity index (χ3v) is 3.36. The van der Waals surface area contributed by atoms with Gasteiger partial charge in [0.05, 0.1) is 11.0 Å². The molecule has 0 spiro atoms. The maximum absolute atomic E-state index is 4.51. The molecule has 2 N–H and O–H groups in total. The predicted octanol–water partition coefficient (Wildman–Crippen LogP) is 2.94. The monoisotopic (exact) mass is 271 g/mol. The molecule has 0 amide bonds. The summed E-state index contributed by atoms with van der Waals surface area (Å²) in [6.45, 7) is 2.82. The Balaban J connectivity index is 1.85. The first-order chi connectivity index (χ1) is 9.35. The first-order valence-electron chi connectivity index (χ1n) is 6.04. The van der Waals surface area contributed by atoms with Gasteiger partial charge in [0.15, 0.2) is 5.16 Å². The number of imidazole rings is 1. The Morgan fingerprint density at radius 3 is 2.95 bits per heavy atom. The third-order valence-electron chi connectivity index (χ3n) is 2.53. The molecule has 3 rings (SSSR count). The molecule has 0 aliphatic heterocycles. The second-order valence-corrected chi connectivity index (χ2v) is 4.92. The van der Waals surface area contributed by atoms with Gasteiger partial charge in [0.25, 0.3) is 0 Å². The molecule has 19 heavy (non-hydrogen) atoms. The summed E-state index contributed by atoms with van der Waals surface area (Å²) in [5.41, 5.74) is 2.00. The van der Waals surface area contributed by atoms with Crippen molar-refractivity contribution in [2.45, 2.75) is 17.1 Å². The molecular formula is C13H13N5S. The Labute approximate surface area is 114 Å². The van der Waals surface area contributed by atoms with E-state index < -0.39 is 0 Å². The molecule has 0 aliphatic rings. The Kier molecular flexibility index (Phi) is 3.33. The van der Waals surface area contributed by atoms with Crippen LogP contribution in [0.25, 0.3) is 11.0 Å². The van der Waals surface area contributed by atoms with Crippen molar-refractivity contribution in [1.29, 1.82) is 0 Å². The van der Waals surface area contributed by atoms with E-state index in [1.54, 1.807) is 6.20 Å². The van der Waals surface area contributed by atoms with Crippen LogP contribution in [0.5, 0.6) is 0 Å². The highest BCUT2D eigenvalue weighted by molar-refractivity contribution is 7.99. The Morgan fingerprint density at radius 2 is 2.11 bits per heavy atom. The zero-order valence-electron chi connectivity index (χ0n) is 10.4. The van der Waals surface area contributed by atoms with Gasteiger partial charge < -0.3 is 10.3 Å². The molecule has 0 unspecified atom stereocenters. The molecule has 2 heterocycles. The number of rotatable bonds is 4. The van der Waals surface area contributed by atoms with Crippen molar-refractivity contribution < 1.29 is 0 Å². The minimum atomic E-state index is 0.642. The Morgan fingerprint density at radius 1 is 1.21 bits per heavy atom. The van der Waals surface area contributed by atoms with Crippen LogP contribution in [0.2, 0.25) is 0 Å². The number of anilines is 1. The summed E-state index contributed by atoms with van der Waals surface area (Å²) in [7, 11) is 0. The molecule has 0 saturated carbocycles. The van der Waals surface area contributed by atoms with Gasteiger partial charge >= 0.3 is 0 Å². The lowest BCUT2D eigenvalue weighted by atomic mass is 10.3. The second-order valence-electron chi connectivity index (χ2n) is 3.91. The molecule has 0 bridgehead atoms. The fourth-order valence-corrected chi connectivity index (χ4v) is 2.48. The van der Waals surface area contributed by atoms with Crippen molar-refractivity contribution in [3.05, 3.63) is 36.5 Å². The first kappa shape index (κ1) is 12.0. The highest BCUT2D eigenvalue weighted by Gasteiger charge is 2.06. The molecule has 0 fully saturated rings. The van der Waals surface area contributed by atoms with Crippen molar-refractivity contribution in [2.75, 3.05) is 11.9 Å². The molecule has 1 aromatic carbocycles. The Bertz CT molecular complexity index is 661. The van der Waals surface area contributed by atoms with Crippen LogP contribution < -0.4 is 5.32 Å². The van der Waals surface area contributed by atoms with E-state index in [-0.39, 0.29) is 0 Å². The van der Waals surface area contributed by atoms with Crippen LogP contribution >= 0.6 is 11.8 Å². The lowest BCUT2D eigenvalue weighted by molar-refractivity contribution is 1.00. The van der Waals surface area contributed by atoms with Crippen molar-refractivity contribution in [2.24, 2.45) is 0 Å². The fraction of sp³-hybridized carbons (Fsp3) is 0.154. The standard InChI is InChI=1S/C13H13N5S/c1-2-14-12-15-8-7-11(18-12)19-13-16-9-5-3-4-6-10(9)17-13/h3-8H,2H2,1H3,(H,16,17)(H,14,15,18). The fourth-order valence-electron chi connectivity index (χ4n) is 1.72. The minimum Gasteiger partial charge on any atom is -0.354 e. The molecule has 5 nitrogen and oxygen atoms in total. The summed E-state index contributed by atoms with van der Waals surface area (Å²) in [5, 5.41) is 4.80. The molecule has 0 aliphatic carbocycles.